The van der Waals surface area contributed by atoms with Gasteiger partial charge in [0.15, 0.2) is 0 Å². The number of phenolic OH excluding ortho intramolecular Hbond substituents is 1. The zero-order chi connectivity index (χ0) is 18.1. The van der Waals surface area contributed by atoms with Crippen molar-refractivity contribution in [2.24, 2.45) is 0 Å². The minimum Gasteiger partial charge on any atom is -0.508 e. The molecule has 24 heavy (non-hydrogen) atoms. The van der Waals surface area contributed by atoms with Gasteiger partial charge in [-0.15, -0.1) is 23.4 Å². The van der Waals surface area contributed by atoms with E-state index >= 15 is 0 Å². The summed E-state index contributed by atoms with van der Waals surface area (Å²) in [6.45, 7) is 5.64. The molecule has 1 heterocycles. The molecular formula is C16H19Cl2NO4S. The monoisotopic (exact) mass is 391 g/mol. The van der Waals surface area contributed by atoms with E-state index in [-0.39, 0.29) is 18.2 Å². The van der Waals surface area contributed by atoms with Crippen LogP contribution in [0.1, 0.15) is 31.7 Å². The first-order valence-electron chi connectivity index (χ1n) is 7.43. The Bertz CT molecular complexity index is 653. The smallest absolute Gasteiger partial charge is 0.330 e. The van der Waals surface area contributed by atoms with Crippen LogP contribution in [0.3, 0.4) is 0 Å². The molecule has 0 saturated carbocycles. The van der Waals surface area contributed by atoms with Crippen LogP contribution in [0.4, 0.5) is 0 Å². The van der Waals surface area contributed by atoms with E-state index in [0.29, 0.717) is 10.6 Å². The van der Waals surface area contributed by atoms with E-state index in [1.807, 2.05) is 13.8 Å². The Kier molecular flexibility index (Phi) is 5.94. The molecule has 0 radical (unpaired) electrons. The van der Waals surface area contributed by atoms with Crippen LogP contribution in [0.5, 0.6) is 5.75 Å². The Morgan fingerprint density at radius 1 is 1.42 bits per heavy atom. The number of benzene rings is 1. The van der Waals surface area contributed by atoms with Gasteiger partial charge in [0.05, 0.1) is 6.61 Å². The number of phenols is 1. The Balaban J connectivity index is 2.53. The lowest BCUT2D eigenvalue weighted by molar-refractivity contribution is -0.155. The molecule has 1 aliphatic heterocycles. The topological polar surface area (TPSA) is 66.8 Å². The highest BCUT2D eigenvalue weighted by Gasteiger charge is 2.54. The van der Waals surface area contributed by atoms with Crippen LogP contribution in [0.15, 0.2) is 18.2 Å². The number of hydrogen-bond acceptors (Lipinski definition) is 5. The summed E-state index contributed by atoms with van der Waals surface area (Å²) in [5, 5.41) is 10.1. The van der Waals surface area contributed by atoms with E-state index in [4.69, 9.17) is 27.9 Å². The van der Waals surface area contributed by atoms with Crippen molar-refractivity contribution in [3.8, 4) is 5.75 Å². The van der Waals surface area contributed by atoms with Crippen molar-refractivity contribution in [2.75, 3.05) is 12.5 Å². The molecule has 8 heteroatoms. The van der Waals surface area contributed by atoms with Gasteiger partial charge in [0.25, 0.3) is 0 Å². The maximum atomic E-state index is 12.5. The van der Waals surface area contributed by atoms with Crippen molar-refractivity contribution >= 4 is 46.8 Å². The van der Waals surface area contributed by atoms with Gasteiger partial charge in [-0.05, 0) is 39.0 Å². The maximum Gasteiger partial charge on any atom is 0.330 e. The van der Waals surface area contributed by atoms with Gasteiger partial charge >= 0.3 is 5.97 Å². The highest BCUT2D eigenvalue weighted by Crippen LogP contribution is 2.54. The second kappa shape index (κ2) is 7.42. The van der Waals surface area contributed by atoms with Crippen molar-refractivity contribution in [2.45, 2.75) is 36.9 Å². The van der Waals surface area contributed by atoms with Crippen LogP contribution in [-0.2, 0) is 14.3 Å². The molecule has 5 nitrogen and oxygen atoms in total. The zero-order valence-electron chi connectivity index (χ0n) is 13.6. The lowest BCUT2D eigenvalue weighted by Crippen LogP contribution is -2.50. The molecular weight excluding hydrogens is 373 g/mol. The number of esters is 1. The van der Waals surface area contributed by atoms with Gasteiger partial charge in [0.2, 0.25) is 5.91 Å². The van der Waals surface area contributed by atoms with Gasteiger partial charge in [0, 0.05) is 15.3 Å². The number of carbonyl (C=O) groups is 2. The summed E-state index contributed by atoms with van der Waals surface area (Å²) in [5.41, 5.74) is 0.464. The molecule has 0 unspecified atom stereocenters. The Morgan fingerprint density at radius 2 is 2.08 bits per heavy atom. The second-order valence-electron chi connectivity index (χ2n) is 5.87. The van der Waals surface area contributed by atoms with Gasteiger partial charge < -0.3 is 14.7 Å². The molecule has 1 saturated heterocycles. The molecule has 1 aromatic rings. The summed E-state index contributed by atoms with van der Waals surface area (Å²) >= 11 is 13.2. The standard InChI is InChI=1S/C16H19Cl2NO4S/c1-4-23-15(22)13-16(2,3)24-14(19(13)12(21)8-17)10-7-9(18)5-6-11(10)20/h5-7,13-14,20H,4,8H2,1-3H3/t13-,14-/m0/s1. The van der Waals surface area contributed by atoms with Gasteiger partial charge in [-0.2, -0.15) is 0 Å². The number of carbonyl (C=O) groups excluding carboxylic acids is 2. The van der Waals surface area contributed by atoms with Gasteiger partial charge in [-0.25, -0.2) is 4.79 Å². The molecule has 1 amide bonds. The third kappa shape index (κ3) is 3.60. The van der Waals surface area contributed by atoms with E-state index in [2.05, 4.69) is 0 Å². The van der Waals surface area contributed by atoms with Crippen molar-refractivity contribution in [3.63, 3.8) is 0 Å². The number of halogens is 2. The first-order chi connectivity index (χ1) is 11.2. The average Bonchev–Trinajstić information content (AvgIpc) is 2.80. The van der Waals surface area contributed by atoms with Crippen LogP contribution in [0.2, 0.25) is 5.02 Å². The first kappa shape index (κ1) is 19.2. The van der Waals surface area contributed by atoms with Crippen molar-refractivity contribution < 1.29 is 19.4 Å². The summed E-state index contributed by atoms with van der Waals surface area (Å²) in [5.74, 6) is -1.16. The van der Waals surface area contributed by atoms with E-state index in [0.717, 1.165) is 0 Å². The van der Waals surface area contributed by atoms with Crippen LogP contribution in [0, 0.1) is 0 Å². The third-order valence-electron chi connectivity index (χ3n) is 3.77. The number of ether oxygens (including phenoxy) is 1. The lowest BCUT2D eigenvalue weighted by Gasteiger charge is -2.30. The highest BCUT2D eigenvalue weighted by molar-refractivity contribution is 8.01. The fraction of sp³-hybridized carbons (Fsp3) is 0.500. The summed E-state index contributed by atoms with van der Waals surface area (Å²) in [4.78, 5) is 26.3. The fourth-order valence-electron chi connectivity index (χ4n) is 2.78. The van der Waals surface area contributed by atoms with Crippen molar-refractivity contribution in [3.05, 3.63) is 28.8 Å². The molecule has 1 fully saturated rings. The van der Waals surface area contributed by atoms with Gasteiger partial charge in [0.1, 0.15) is 23.0 Å². The third-order valence-corrected chi connectivity index (χ3v) is 5.77. The highest BCUT2D eigenvalue weighted by atomic mass is 35.5. The van der Waals surface area contributed by atoms with Crippen molar-refractivity contribution in [1.29, 1.82) is 0 Å². The number of amides is 1. The molecule has 0 spiro atoms. The average molecular weight is 392 g/mol. The molecule has 1 aromatic carbocycles. The fourth-order valence-corrected chi connectivity index (χ4v) is 4.68. The molecule has 1 N–H and O–H groups in total. The predicted octanol–water partition coefficient (Wildman–Crippen LogP) is 3.57. The lowest BCUT2D eigenvalue weighted by atomic mass is 10.0. The normalized spacial score (nSPS) is 22.5. The van der Waals surface area contributed by atoms with E-state index in [1.54, 1.807) is 19.1 Å². The zero-order valence-corrected chi connectivity index (χ0v) is 15.9. The molecule has 2 atom stereocenters. The largest absolute Gasteiger partial charge is 0.508 e. The Morgan fingerprint density at radius 3 is 2.67 bits per heavy atom. The number of thioether (sulfide) groups is 1. The summed E-state index contributed by atoms with van der Waals surface area (Å²) in [7, 11) is 0. The minimum absolute atomic E-state index is 0.00424. The quantitative estimate of drug-likeness (QED) is 0.627. The molecule has 1 aliphatic rings. The molecule has 0 aromatic heterocycles. The molecule has 132 valence electrons. The summed E-state index contributed by atoms with van der Waals surface area (Å²) < 4.78 is 4.53. The molecule has 0 bridgehead atoms. The SMILES string of the molecule is CCOC(=O)[C@@H]1N(C(=O)CCl)[C@H](c2cc(Cl)ccc2O)SC1(C)C. The number of alkyl halides is 1. The minimum atomic E-state index is -0.808. The Hall–Kier alpha value is -1.11. The number of hydrogen-bond donors (Lipinski definition) is 1. The number of rotatable bonds is 4. The van der Waals surface area contributed by atoms with Gasteiger partial charge in [-0.3, -0.25) is 4.79 Å². The van der Waals surface area contributed by atoms with Gasteiger partial charge in [-0.1, -0.05) is 11.6 Å². The molecule has 2 rings (SSSR count). The van der Waals surface area contributed by atoms with Crippen LogP contribution in [-0.4, -0.2) is 45.2 Å². The predicted molar refractivity (Wildman–Crippen MR) is 95.5 cm³/mol. The first-order valence-corrected chi connectivity index (χ1v) is 9.22. The van der Waals surface area contributed by atoms with E-state index in [1.165, 1.54) is 22.7 Å². The van der Waals surface area contributed by atoms with E-state index in [9.17, 15) is 14.7 Å². The maximum absolute atomic E-state index is 12.5. The van der Waals surface area contributed by atoms with Crippen LogP contribution < -0.4 is 0 Å². The number of aromatic hydroxyl groups is 1. The van der Waals surface area contributed by atoms with Crippen molar-refractivity contribution in [1.82, 2.24) is 4.90 Å². The summed E-state index contributed by atoms with van der Waals surface area (Å²) in [6.07, 6.45) is 0. The van der Waals surface area contributed by atoms with Crippen LogP contribution >= 0.6 is 35.0 Å². The molecule has 0 aliphatic carbocycles. The Labute approximate surface area is 155 Å². The number of nitrogens with zero attached hydrogens (tertiary/aromatic N) is 1. The van der Waals surface area contributed by atoms with Crippen LogP contribution in [0.25, 0.3) is 0 Å². The van der Waals surface area contributed by atoms with E-state index < -0.39 is 28.0 Å². The second-order valence-corrected chi connectivity index (χ2v) is 8.30. The summed E-state index contributed by atoms with van der Waals surface area (Å²) in [6, 6.07) is 3.80.